The lowest BCUT2D eigenvalue weighted by atomic mass is 9.86. The molecule has 1 fully saturated rings. The molecule has 98 valence electrons. The minimum Gasteiger partial charge on any atom is -0.310 e. The van der Waals surface area contributed by atoms with Crippen molar-refractivity contribution in [3.05, 3.63) is 23.4 Å². The van der Waals surface area contributed by atoms with E-state index in [4.69, 9.17) is 11.6 Å². The Bertz CT molecular complexity index is 443. The van der Waals surface area contributed by atoms with Crippen molar-refractivity contribution < 1.29 is 13.6 Å². The zero-order valence-corrected chi connectivity index (χ0v) is 10.4. The van der Waals surface area contributed by atoms with E-state index in [0.29, 0.717) is 5.82 Å². The van der Waals surface area contributed by atoms with Crippen molar-refractivity contribution in [2.45, 2.75) is 31.6 Å². The molecule has 1 aromatic heterocycles. The van der Waals surface area contributed by atoms with Gasteiger partial charge in [0.1, 0.15) is 11.0 Å². The predicted octanol–water partition coefficient (Wildman–Crippen LogP) is 3.50. The molecule has 1 aliphatic rings. The van der Waals surface area contributed by atoms with E-state index in [2.05, 4.69) is 10.3 Å². The average molecular weight is 275 g/mol. The van der Waals surface area contributed by atoms with Gasteiger partial charge in [-0.3, -0.25) is 4.79 Å². The van der Waals surface area contributed by atoms with Gasteiger partial charge in [-0.15, -0.1) is 0 Å². The molecule has 1 saturated carbocycles. The van der Waals surface area contributed by atoms with E-state index in [1.807, 2.05) is 0 Å². The third-order valence-corrected chi connectivity index (χ3v) is 3.26. The summed E-state index contributed by atoms with van der Waals surface area (Å²) in [6.45, 7) is 0. The molecule has 0 saturated heterocycles. The number of halogens is 3. The van der Waals surface area contributed by atoms with Crippen LogP contribution in [0.15, 0.2) is 18.2 Å². The number of rotatable bonds is 2. The number of amides is 1. The van der Waals surface area contributed by atoms with Crippen molar-refractivity contribution in [1.29, 1.82) is 0 Å². The van der Waals surface area contributed by atoms with Crippen LogP contribution >= 0.6 is 11.6 Å². The molecule has 18 heavy (non-hydrogen) atoms. The van der Waals surface area contributed by atoms with E-state index in [0.717, 1.165) is 0 Å². The Labute approximate surface area is 109 Å². The Balaban J connectivity index is 1.93. The predicted molar refractivity (Wildman–Crippen MR) is 64.8 cm³/mol. The lowest BCUT2D eigenvalue weighted by Crippen LogP contribution is -2.32. The Hall–Kier alpha value is -1.23. The second-order valence-corrected chi connectivity index (χ2v) is 4.85. The van der Waals surface area contributed by atoms with Gasteiger partial charge in [-0.1, -0.05) is 17.7 Å². The first kappa shape index (κ1) is 13.2. The van der Waals surface area contributed by atoms with Gasteiger partial charge in [0.25, 0.3) is 0 Å². The minimum absolute atomic E-state index is 0.208. The number of anilines is 1. The summed E-state index contributed by atoms with van der Waals surface area (Å²) < 4.78 is 25.9. The third-order valence-electron chi connectivity index (χ3n) is 3.05. The average Bonchev–Trinajstić information content (AvgIpc) is 2.28. The number of carbonyl (C=O) groups is 1. The molecule has 1 N–H and O–H groups in total. The van der Waals surface area contributed by atoms with Crippen LogP contribution in [-0.4, -0.2) is 16.8 Å². The number of hydrogen-bond donors (Lipinski definition) is 1. The van der Waals surface area contributed by atoms with Crippen LogP contribution in [0.5, 0.6) is 0 Å². The summed E-state index contributed by atoms with van der Waals surface area (Å²) in [5.74, 6) is -2.90. The highest BCUT2D eigenvalue weighted by Gasteiger charge is 2.37. The van der Waals surface area contributed by atoms with E-state index in [9.17, 15) is 13.6 Å². The SMILES string of the molecule is O=C(Nc1cccc(Cl)n1)C1CCC(F)(F)CC1. The smallest absolute Gasteiger partial charge is 0.248 e. The van der Waals surface area contributed by atoms with Crippen LogP contribution in [0.25, 0.3) is 0 Å². The van der Waals surface area contributed by atoms with E-state index in [1.54, 1.807) is 18.2 Å². The molecular formula is C12H13ClF2N2O. The van der Waals surface area contributed by atoms with Crippen LogP contribution in [0.2, 0.25) is 5.15 Å². The van der Waals surface area contributed by atoms with Crippen molar-refractivity contribution in [2.75, 3.05) is 5.32 Å². The topological polar surface area (TPSA) is 42.0 Å². The van der Waals surface area contributed by atoms with Gasteiger partial charge >= 0.3 is 0 Å². The van der Waals surface area contributed by atoms with Crippen LogP contribution in [0.3, 0.4) is 0 Å². The van der Waals surface area contributed by atoms with Gasteiger partial charge < -0.3 is 5.32 Å². The summed E-state index contributed by atoms with van der Waals surface area (Å²) in [5, 5.41) is 2.88. The molecule has 0 aliphatic heterocycles. The van der Waals surface area contributed by atoms with Crippen molar-refractivity contribution in [2.24, 2.45) is 5.92 Å². The molecule has 0 spiro atoms. The van der Waals surface area contributed by atoms with Crippen LogP contribution in [0.1, 0.15) is 25.7 Å². The first-order chi connectivity index (χ1) is 8.46. The van der Waals surface area contributed by atoms with E-state index >= 15 is 0 Å². The number of aromatic nitrogens is 1. The molecular weight excluding hydrogens is 262 g/mol. The lowest BCUT2D eigenvalue weighted by molar-refractivity contribution is -0.124. The normalized spacial score (nSPS) is 19.5. The molecule has 0 bridgehead atoms. The molecule has 0 aromatic carbocycles. The van der Waals surface area contributed by atoms with Crippen LogP contribution in [0.4, 0.5) is 14.6 Å². The van der Waals surface area contributed by atoms with Crippen molar-refractivity contribution in [1.82, 2.24) is 4.98 Å². The van der Waals surface area contributed by atoms with Crippen LogP contribution in [-0.2, 0) is 4.79 Å². The standard InChI is InChI=1S/C12H13ClF2N2O/c13-9-2-1-3-10(16-9)17-11(18)8-4-6-12(14,15)7-5-8/h1-3,8H,4-7H2,(H,16,17,18). The van der Waals surface area contributed by atoms with Crippen LogP contribution < -0.4 is 5.32 Å². The van der Waals surface area contributed by atoms with Crippen LogP contribution in [0, 0.1) is 5.92 Å². The van der Waals surface area contributed by atoms with E-state index in [1.165, 1.54) is 0 Å². The van der Waals surface area contributed by atoms with Gasteiger partial charge in [0, 0.05) is 18.8 Å². The molecule has 2 rings (SSSR count). The number of nitrogens with zero attached hydrogens (tertiary/aromatic N) is 1. The van der Waals surface area contributed by atoms with Gasteiger partial charge in [-0.25, -0.2) is 13.8 Å². The van der Waals surface area contributed by atoms with Crippen molar-refractivity contribution in [3.63, 3.8) is 0 Å². The summed E-state index contributed by atoms with van der Waals surface area (Å²) >= 11 is 5.69. The molecule has 3 nitrogen and oxygen atoms in total. The first-order valence-electron chi connectivity index (χ1n) is 5.77. The summed E-state index contributed by atoms with van der Waals surface area (Å²) in [5.41, 5.74) is 0. The van der Waals surface area contributed by atoms with Gasteiger partial charge in [-0.2, -0.15) is 0 Å². The molecule has 1 aromatic rings. The largest absolute Gasteiger partial charge is 0.310 e. The molecule has 1 heterocycles. The van der Waals surface area contributed by atoms with E-state index in [-0.39, 0.29) is 42.7 Å². The zero-order valence-electron chi connectivity index (χ0n) is 9.63. The number of hydrogen-bond acceptors (Lipinski definition) is 2. The number of nitrogens with one attached hydrogen (secondary N) is 1. The quantitative estimate of drug-likeness (QED) is 0.839. The van der Waals surface area contributed by atoms with Crippen molar-refractivity contribution >= 4 is 23.3 Å². The Morgan fingerprint density at radius 3 is 2.67 bits per heavy atom. The molecule has 0 atom stereocenters. The van der Waals surface area contributed by atoms with Gasteiger partial charge in [0.15, 0.2) is 0 Å². The number of alkyl halides is 2. The lowest BCUT2D eigenvalue weighted by Gasteiger charge is -2.27. The second kappa shape index (κ2) is 5.18. The Kier molecular flexibility index (Phi) is 3.80. The van der Waals surface area contributed by atoms with Gasteiger partial charge in [-0.05, 0) is 25.0 Å². The molecule has 1 aliphatic carbocycles. The fourth-order valence-electron chi connectivity index (χ4n) is 2.01. The highest BCUT2D eigenvalue weighted by molar-refractivity contribution is 6.29. The highest BCUT2D eigenvalue weighted by atomic mass is 35.5. The van der Waals surface area contributed by atoms with Gasteiger partial charge in [0.2, 0.25) is 11.8 Å². The summed E-state index contributed by atoms with van der Waals surface area (Å²) in [4.78, 5) is 15.8. The third kappa shape index (κ3) is 3.38. The molecule has 0 radical (unpaired) electrons. The zero-order chi connectivity index (χ0) is 13.2. The number of carbonyl (C=O) groups excluding carboxylic acids is 1. The van der Waals surface area contributed by atoms with E-state index < -0.39 is 5.92 Å². The monoisotopic (exact) mass is 274 g/mol. The molecule has 0 unspecified atom stereocenters. The Morgan fingerprint density at radius 1 is 1.39 bits per heavy atom. The second-order valence-electron chi connectivity index (χ2n) is 4.47. The first-order valence-corrected chi connectivity index (χ1v) is 6.15. The summed E-state index contributed by atoms with van der Waals surface area (Å²) in [6.07, 6.45) is -0.0408. The molecule has 6 heteroatoms. The van der Waals surface area contributed by atoms with Crippen molar-refractivity contribution in [3.8, 4) is 0 Å². The summed E-state index contributed by atoms with van der Waals surface area (Å²) in [7, 11) is 0. The molecule has 1 amide bonds. The fourth-order valence-corrected chi connectivity index (χ4v) is 2.17. The summed E-state index contributed by atoms with van der Waals surface area (Å²) in [6, 6.07) is 4.87. The maximum atomic E-state index is 13.0. The highest BCUT2D eigenvalue weighted by Crippen LogP contribution is 2.36. The maximum Gasteiger partial charge on any atom is 0.248 e. The minimum atomic E-state index is -2.62. The maximum absolute atomic E-state index is 13.0. The fraction of sp³-hybridized carbons (Fsp3) is 0.500. The Morgan fingerprint density at radius 2 is 2.06 bits per heavy atom. The number of pyridine rings is 1. The van der Waals surface area contributed by atoms with Gasteiger partial charge in [0.05, 0.1) is 0 Å².